The molecule has 2 saturated heterocycles. The number of halogens is 1. The van der Waals surface area contributed by atoms with Crippen LogP contribution in [0, 0.1) is 5.92 Å². The number of anilines is 1. The Morgan fingerprint density at radius 1 is 1.12 bits per heavy atom. The summed E-state index contributed by atoms with van der Waals surface area (Å²) in [6.45, 7) is 8.33. The molecule has 2 fully saturated rings. The van der Waals surface area contributed by atoms with Gasteiger partial charge in [-0.05, 0) is 86.9 Å². The summed E-state index contributed by atoms with van der Waals surface area (Å²) < 4.78 is 19.6. The normalized spacial score (nSPS) is 18.9. The Bertz CT molecular complexity index is 1540. The lowest BCUT2D eigenvalue weighted by molar-refractivity contribution is -0.137. The Balaban J connectivity index is 1.11. The van der Waals surface area contributed by atoms with E-state index in [0.717, 1.165) is 40.2 Å². The van der Waals surface area contributed by atoms with Crippen LogP contribution in [0.2, 0.25) is 0 Å². The van der Waals surface area contributed by atoms with Gasteiger partial charge in [-0.3, -0.25) is 9.69 Å². The smallest absolute Gasteiger partial charge is 0.410 e. The van der Waals surface area contributed by atoms with Gasteiger partial charge in [0.15, 0.2) is 33.6 Å². The van der Waals surface area contributed by atoms with E-state index in [1.54, 1.807) is 4.90 Å². The maximum atomic E-state index is 13.4. The maximum Gasteiger partial charge on any atom is 0.410 e. The van der Waals surface area contributed by atoms with E-state index < -0.39 is 17.7 Å². The average Bonchev–Trinajstić information content (AvgIpc) is 3.70. The van der Waals surface area contributed by atoms with E-state index in [2.05, 4.69) is 30.5 Å². The number of hydrogen-bond donors (Lipinski definition) is 1. The molecule has 0 bridgehead atoms. The van der Waals surface area contributed by atoms with E-state index in [0.29, 0.717) is 67.0 Å². The molecule has 2 amide bonds. The first-order chi connectivity index (χ1) is 20.6. The van der Waals surface area contributed by atoms with Gasteiger partial charge in [0.2, 0.25) is 12.7 Å². The van der Waals surface area contributed by atoms with Gasteiger partial charge < -0.3 is 29.4 Å². The minimum absolute atomic E-state index is 0.0302. The zero-order chi connectivity index (χ0) is 30.3. The number of nitrogens with zero attached hydrogens (tertiary/aromatic N) is 6. The van der Waals surface area contributed by atoms with Crippen molar-refractivity contribution >= 4 is 56.7 Å². The third-order valence-corrected chi connectivity index (χ3v) is 9.98. The van der Waals surface area contributed by atoms with Crippen molar-refractivity contribution < 1.29 is 23.8 Å². The van der Waals surface area contributed by atoms with E-state index in [1.165, 1.54) is 18.1 Å². The first-order valence-corrected chi connectivity index (χ1v) is 16.2. The predicted molar refractivity (Wildman–Crippen MR) is 164 cm³/mol. The molecule has 2 aromatic heterocycles. The molecule has 0 aliphatic carbocycles. The Kier molecular flexibility index (Phi) is 8.33. The van der Waals surface area contributed by atoms with Gasteiger partial charge in [-0.2, -0.15) is 0 Å². The molecule has 0 spiro atoms. The second-order valence-electron chi connectivity index (χ2n) is 12.1. The number of nitrogen functional groups attached to an aromatic ring is 1. The van der Waals surface area contributed by atoms with Crippen molar-refractivity contribution in [2.75, 3.05) is 32.2 Å². The number of piperidine rings is 1. The largest absolute Gasteiger partial charge is 0.454 e. The molecule has 230 valence electrons. The summed E-state index contributed by atoms with van der Waals surface area (Å²) in [4.78, 5) is 44.1. The second kappa shape index (κ2) is 12.0. The van der Waals surface area contributed by atoms with Gasteiger partial charge in [0.25, 0.3) is 0 Å². The van der Waals surface area contributed by atoms with Gasteiger partial charge in [0.05, 0.1) is 0 Å². The number of nitrogens with two attached hydrogens (primary N) is 1. The quantitative estimate of drug-likeness (QED) is 0.377. The number of benzene rings is 1. The van der Waals surface area contributed by atoms with Crippen LogP contribution in [0.1, 0.15) is 52.9 Å². The lowest BCUT2D eigenvalue weighted by Gasteiger charge is -2.36. The molecule has 1 aromatic carbocycles. The summed E-state index contributed by atoms with van der Waals surface area (Å²) in [6.07, 6.45) is 5.24. The topological polar surface area (TPSA) is 138 Å². The van der Waals surface area contributed by atoms with Gasteiger partial charge in [0.1, 0.15) is 18.0 Å². The lowest BCUT2D eigenvalue weighted by atomic mass is 9.93. The Hall–Kier alpha value is -3.26. The highest BCUT2D eigenvalue weighted by Crippen LogP contribution is 2.43. The van der Waals surface area contributed by atoms with E-state index in [1.807, 2.05) is 37.8 Å². The van der Waals surface area contributed by atoms with E-state index in [4.69, 9.17) is 24.9 Å². The number of likely N-dealkylation sites (tertiary alicyclic amines) is 2. The molecule has 0 saturated carbocycles. The number of imidazole rings is 1. The van der Waals surface area contributed by atoms with Gasteiger partial charge in [0, 0.05) is 35.5 Å². The first-order valence-electron chi connectivity index (χ1n) is 14.6. The molecular weight excluding hydrogens is 638 g/mol. The van der Waals surface area contributed by atoms with Crippen molar-refractivity contribution in [2.45, 2.75) is 81.1 Å². The Morgan fingerprint density at radius 2 is 1.86 bits per heavy atom. The van der Waals surface area contributed by atoms with Crippen molar-refractivity contribution in [1.29, 1.82) is 0 Å². The molecule has 3 aliphatic heterocycles. The molecule has 2 N–H and O–H groups in total. The Morgan fingerprint density at radius 3 is 2.60 bits per heavy atom. The van der Waals surface area contributed by atoms with Crippen molar-refractivity contribution in [3.05, 3.63) is 22.9 Å². The summed E-state index contributed by atoms with van der Waals surface area (Å²) in [6, 6.07) is 3.40. The molecule has 1 atom stereocenters. The molecule has 0 radical (unpaired) electrons. The van der Waals surface area contributed by atoms with Crippen LogP contribution in [-0.2, 0) is 16.1 Å². The minimum atomic E-state index is -0.594. The summed E-state index contributed by atoms with van der Waals surface area (Å²) in [5, 5.41) is 0.762. The van der Waals surface area contributed by atoms with Gasteiger partial charge in [-0.15, -0.1) is 0 Å². The molecule has 3 aliphatic rings. The summed E-state index contributed by atoms with van der Waals surface area (Å²) >= 11 is 5.15. The van der Waals surface area contributed by atoms with Crippen molar-refractivity contribution in [3.8, 4) is 11.5 Å². The van der Waals surface area contributed by atoms with Gasteiger partial charge in [-0.1, -0.05) is 11.8 Å². The zero-order valence-corrected chi connectivity index (χ0v) is 26.9. The van der Waals surface area contributed by atoms with Crippen molar-refractivity contribution in [3.63, 3.8) is 0 Å². The van der Waals surface area contributed by atoms with Crippen LogP contribution in [-0.4, -0.2) is 79.4 Å². The van der Waals surface area contributed by atoms with Crippen molar-refractivity contribution in [2.24, 2.45) is 5.92 Å². The van der Waals surface area contributed by atoms with Gasteiger partial charge >= 0.3 is 6.09 Å². The number of aryl methyl sites for hydroxylation is 1. The van der Waals surface area contributed by atoms with Crippen molar-refractivity contribution in [1.82, 2.24) is 29.3 Å². The fraction of sp³-hybridized carbons (Fsp3) is 0.552. The number of rotatable bonds is 6. The first kappa shape index (κ1) is 29.8. The van der Waals surface area contributed by atoms with Gasteiger partial charge in [-0.25, -0.2) is 19.7 Å². The highest BCUT2D eigenvalue weighted by Gasteiger charge is 2.39. The average molecular weight is 675 g/mol. The number of carbonyl (C=O) groups is 2. The van der Waals surface area contributed by atoms with Crippen LogP contribution >= 0.6 is 27.7 Å². The highest BCUT2D eigenvalue weighted by molar-refractivity contribution is 9.10. The van der Waals surface area contributed by atoms with Crippen LogP contribution in [0.15, 0.2) is 33.0 Å². The van der Waals surface area contributed by atoms with E-state index >= 15 is 0 Å². The standard InChI is InChI=1S/C29H36BrN7O5S/c1-29(2,3)42-28(39)36-9-4-5-19(36)26(38)35-10-6-17(7-11-35)8-12-37-25-23(24(31)32-15-33-25)34-27(37)43-22-14-21-20(13-18(22)30)40-16-41-21/h13-15,17,19H,4-12,16H2,1-3H3,(H2,31,32,33)/t19-/m0/s1. The van der Waals surface area contributed by atoms with Crippen LogP contribution in [0.5, 0.6) is 11.5 Å². The van der Waals surface area contributed by atoms with E-state index in [9.17, 15) is 9.59 Å². The number of carbonyl (C=O) groups excluding carboxylic acids is 2. The number of fused-ring (bicyclic) bond motifs is 2. The molecule has 14 heteroatoms. The number of amides is 2. The predicted octanol–water partition coefficient (Wildman–Crippen LogP) is 5.08. The van der Waals surface area contributed by atoms with Crippen LogP contribution in [0.4, 0.5) is 10.6 Å². The maximum absolute atomic E-state index is 13.4. The zero-order valence-electron chi connectivity index (χ0n) is 24.5. The molecule has 5 heterocycles. The summed E-state index contributed by atoms with van der Waals surface area (Å²) in [5.41, 5.74) is 6.86. The second-order valence-corrected chi connectivity index (χ2v) is 14.0. The molecule has 3 aromatic rings. The highest BCUT2D eigenvalue weighted by atomic mass is 79.9. The Labute approximate surface area is 262 Å². The van der Waals surface area contributed by atoms with Crippen LogP contribution < -0.4 is 15.2 Å². The molecular formula is C29H36BrN7O5S. The summed E-state index contributed by atoms with van der Waals surface area (Å²) in [7, 11) is 0. The molecule has 6 rings (SSSR count). The minimum Gasteiger partial charge on any atom is -0.454 e. The number of hydrogen-bond acceptors (Lipinski definition) is 10. The SMILES string of the molecule is CC(C)(C)OC(=O)N1CCC[C@H]1C(=O)N1CCC(CCn2c(Sc3cc4c(cc3Br)OCO4)nc3c(N)ncnc32)CC1. The van der Waals surface area contributed by atoms with E-state index in [-0.39, 0.29) is 12.7 Å². The lowest BCUT2D eigenvalue weighted by Crippen LogP contribution is -2.50. The van der Waals surface area contributed by atoms with Crippen LogP contribution in [0.3, 0.4) is 0 Å². The third kappa shape index (κ3) is 6.35. The summed E-state index contributed by atoms with van der Waals surface area (Å²) in [5.74, 6) is 2.20. The molecule has 0 unspecified atom stereocenters. The fourth-order valence-corrected chi connectivity index (χ4v) is 7.32. The van der Waals surface area contributed by atoms with Crippen LogP contribution in [0.25, 0.3) is 11.2 Å². The monoisotopic (exact) mass is 673 g/mol. The number of ether oxygens (including phenoxy) is 3. The fourth-order valence-electron chi connectivity index (χ4n) is 5.82. The third-order valence-electron chi connectivity index (χ3n) is 8.01. The molecule has 43 heavy (non-hydrogen) atoms. The number of aromatic nitrogens is 4. The molecule has 12 nitrogen and oxygen atoms in total.